The van der Waals surface area contributed by atoms with Gasteiger partial charge in [-0.3, -0.25) is 0 Å². The van der Waals surface area contributed by atoms with Gasteiger partial charge in [0.2, 0.25) is 0 Å². The molecule has 17 heteroatoms. The predicted molar refractivity (Wildman–Crippen MR) is 213 cm³/mol. The molecule has 4 rings (SSSR count). The number of alkyl halides is 6. The summed E-state index contributed by atoms with van der Waals surface area (Å²) < 4.78 is 114. The summed E-state index contributed by atoms with van der Waals surface area (Å²) in [5.41, 5.74) is -3.12. The van der Waals surface area contributed by atoms with Gasteiger partial charge >= 0.3 is 30.4 Å². The number of likely N-dealkylation sites (tertiary alicyclic amines) is 1. The Kier molecular flexibility index (Phi) is 14.5. The van der Waals surface area contributed by atoms with Crippen LogP contribution in [0.25, 0.3) is 0 Å². The molecule has 3 aromatic rings. The Morgan fingerprint density at radius 3 is 2.10 bits per heavy atom. The number of rotatable bonds is 11. The molecule has 1 saturated heterocycles. The highest BCUT2D eigenvalue weighted by atomic mass is 28.4. The molecule has 9 nitrogen and oxygen atoms in total. The van der Waals surface area contributed by atoms with Crippen molar-refractivity contribution >= 4 is 26.4 Å². The SMILES string of the molecule is COC(=O)C(=CC[C@]1(NC(=O)OCc2ccccc2)CCN(C(=O)N(C)[C@@H](C)c2cc(C(F)(F)F)cc(C(F)(F)F)c2)[C@@H](c2ccc(F)cc2C)C1)O[Si](C)(C)C(C)(C)C. The number of urea groups is 1. The fraction of sp³-hybridized carbons (Fsp3) is 0.465. The molecule has 0 spiro atoms. The molecule has 3 amide bonds. The fourth-order valence-electron chi connectivity index (χ4n) is 6.71. The summed E-state index contributed by atoms with van der Waals surface area (Å²) in [7, 11) is -0.154. The first-order chi connectivity index (χ1) is 27.7. The number of nitrogens with zero attached hydrogens (tertiary/aromatic N) is 2. The molecule has 1 aliphatic rings. The van der Waals surface area contributed by atoms with Crippen LogP contribution in [-0.4, -0.2) is 62.5 Å². The van der Waals surface area contributed by atoms with Crippen LogP contribution in [0.3, 0.4) is 0 Å². The summed E-state index contributed by atoms with van der Waals surface area (Å²) >= 11 is 0. The van der Waals surface area contributed by atoms with Crippen LogP contribution >= 0.6 is 0 Å². The first kappa shape index (κ1) is 47.6. The zero-order chi connectivity index (χ0) is 45.0. The number of methoxy groups -OCH3 is 1. The molecule has 3 aromatic carbocycles. The summed E-state index contributed by atoms with van der Waals surface area (Å²) in [5, 5.41) is 2.66. The number of esters is 1. The van der Waals surface area contributed by atoms with Crippen molar-refractivity contribution in [2.45, 2.75) is 109 Å². The minimum Gasteiger partial charge on any atom is -0.539 e. The summed E-state index contributed by atoms with van der Waals surface area (Å²) in [6.45, 7) is 12.6. The number of hydrogen-bond acceptors (Lipinski definition) is 6. The standard InChI is InChI=1S/C43H52F7N3O6Si/c1-27-21-33(44)15-16-34(27)35-25-41(51-38(55)58-26-29-13-11-10-12-14-29,18-17-36(37(54)57-7)59-60(8,9)40(3,4)5)19-20-53(35)39(56)52(6)28(2)30-22-31(42(45,46)47)24-32(23-30)43(48,49)50/h10-17,21-24,28,35H,18-20,25-26H2,1-9H3,(H,51,55)/t28-,35+,41-/m0/s1. The van der Waals surface area contributed by atoms with Gasteiger partial charge in [0.1, 0.15) is 12.4 Å². The van der Waals surface area contributed by atoms with E-state index in [4.69, 9.17) is 13.9 Å². The number of ether oxygens (including phenoxy) is 2. The Labute approximate surface area is 347 Å². The smallest absolute Gasteiger partial charge is 0.416 e. The number of amides is 3. The largest absolute Gasteiger partial charge is 0.539 e. The van der Waals surface area contributed by atoms with Gasteiger partial charge in [-0.1, -0.05) is 57.2 Å². The van der Waals surface area contributed by atoms with Gasteiger partial charge in [0, 0.05) is 13.6 Å². The Balaban J connectivity index is 1.80. The highest BCUT2D eigenvalue weighted by Crippen LogP contribution is 2.44. The van der Waals surface area contributed by atoms with Crippen LogP contribution in [0, 0.1) is 12.7 Å². The lowest BCUT2D eigenvalue weighted by Crippen LogP contribution is -2.58. The van der Waals surface area contributed by atoms with Crippen molar-refractivity contribution in [3.05, 3.63) is 118 Å². The van der Waals surface area contributed by atoms with Gasteiger partial charge in [-0.2, -0.15) is 26.3 Å². The molecule has 0 bridgehead atoms. The van der Waals surface area contributed by atoms with Crippen molar-refractivity contribution in [2.75, 3.05) is 20.7 Å². The van der Waals surface area contributed by atoms with Gasteiger partial charge in [0.05, 0.1) is 35.9 Å². The van der Waals surface area contributed by atoms with E-state index in [9.17, 15) is 45.1 Å². The summed E-state index contributed by atoms with van der Waals surface area (Å²) in [4.78, 5) is 43.7. The molecule has 60 heavy (non-hydrogen) atoms. The summed E-state index contributed by atoms with van der Waals surface area (Å²) in [6, 6.07) is 11.0. The van der Waals surface area contributed by atoms with E-state index in [1.807, 2.05) is 33.9 Å². The predicted octanol–water partition coefficient (Wildman–Crippen LogP) is 11.3. The molecule has 328 valence electrons. The molecule has 1 heterocycles. The number of nitrogens with one attached hydrogen (secondary N) is 1. The minimum atomic E-state index is -5.10. The van der Waals surface area contributed by atoms with E-state index < -0.39 is 78.9 Å². The number of hydrogen-bond donors (Lipinski definition) is 1. The van der Waals surface area contributed by atoms with Crippen molar-refractivity contribution in [3.63, 3.8) is 0 Å². The van der Waals surface area contributed by atoms with Crippen LogP contribution in [0.5, 0.6) is 0 Å². The van der Waals surface area contributed by atoms with Gasteiger partial charge in [-0.25, -0.2) is 18.8 Å². The van der Waals surface area contributed by atoms with Crippen molar-refractivity contribution in [1.82, 2.24) is 15.1 Å². The zero-order valence-corrected chi connectivity index (χ0v) is 36.1. The average molecular weight is 868 g/mol. The highest BCUT2D eigenvalue weighted by molar-refractivity contribution is 6.74. The Hall–Kier alpha value is -5.06. The molecule has 1 fully saturated rings. The number of benzene rings is 3. The maximum absolute atomic E-state index is 14.5. The van der Waals surface area contributed by atoms with Gasteiger partial charge in [-0.15, -0.1) is 0 Å². The second kappa shape index (κ2) is 18.3. The first-order valence-electron chi connectivity index (χ1n) is 19.2. The Bertz CT molecular complexity index is 2020. The second-order valence-corrected chi connectivity index (χ2v) is 21.4. The molecule has 0 aliphatic carbocycles. The molecular weight excluding hydrogens is 816 g/mol. The third kappa shape index (κ3) is 11.6. The van der Waals surface area contributed by atoms with Gasteiger partial charge < -0.3 is 29.0 Å². The lowest BCUT2D eigenvalue weighted by Gasteiger charge is -2.48. The number of aryl methyl sites for hydroxylation is 1. The molecule has 0 saturated carbocycles. The van der Waals surface area contributed by atoms with E-state index in [1.54, 1.807) is 37.3 Å². The van der Waals surface area contributed by atoms with E-state index in [0.717, 1.165) is 4.90 Å². The van der Waals surface area contributed by atoms with Gasteiger partial charge in [0.15, 0.2) is 5.76 Å². The van der Waals surface area contributed by atoms with Crippen molar-refractivity contribution in [1.29, 1.82) is 0 Å². The van der Waals surface area contributed by atoms with Crippen molar-refractivity contribution in [2.24, 2.45) is 0 Å². The highest BCUT2D eigenvalue weighted by Gasteiger charge is 2.46. The number of carbonyl (C=O) groups is 3. The van der Waals surface area contributed by atoms with E-state index >= 15 is 0 Å². The topological polar surface area (TPSA) is 97.4 Å². The van der Waals surface area contributed by atoms with Crippen molar-refractivity contribution in [3.8, 4) is 0 Å². The molecule has 0 radical (unpaired) electrons. The number of alkyl carbamates (subject to hydrolysis) is 1. The number of piperidine rings is 1. The molecular formula is C43H52F7N3O6Si. The van der Waals surface area contributed by atoms with Crippen LogP contribution in [0.4, 0.5) is 40.3 Å². The number of carbonyl (C=O) groups excluding carboxylic acids is 3. The fourth-order valence-corrected chi connectivity index (χ4v) is 7.74. The van der Waals surface area contributed by atoms with Gasteiger partial charge in [-0.05, 0) is 110 Å². The van der Waals surface area contributed by atoms with Crippen LogP contribution < -0.4 is 5.32 Å². The lowest BCUT2D eigenvalue weighted by atomic mass is 9.77. The Morgan fingerprint density at radius 2 is 1.57 bits per heavy atom. The quantitative estimate of drug-likeness (QED) is 0.0678. The van der Waals surface area contributed by atoms with Gasteiger partial charge in [0.25, 0.3) is 8.32 Å². The third-order valence-corrected chi connectivity index (χ3v) is 15.8. The third-order valence-electron chi connectivity index (χ3n) is 11.4. The molecule has 1 N–H and O–H groups in total. The molecule has 0 aromatic heterocycles. The first-order valence-corrected chi connectivity index (χ1v) is 22.1. The zero-order valence-electron chi connectivity index (χ0n) is 35.1. The Morgan fingerprint density at radius 1 is 0.967 bits per heavy atom. The van der Waals surface area contributed by atoms with Crippen LogP contribution in [0.2, 0.25) is 18.1 Å². The van der Waals surface area contributed by atoms with Crippen molar-refractivity contribution < 1.29 is 59.0 Å². The maximum Gasteiger partial charge on any atom is 0.416 e. The van der Waals surface area contributed by atoms with E-state index in [1.165, 1.54) is 50.3 Å². The molecule has 3 atom stereocenters. The normalized spacial score (nSPS) is 18.4. The maximum atomic E-state index is 14.5. The van der Waals surface area contributed by atoms with E-state index in [2.05, 4.69) is 5.32 Å². The summed E-state index contributed by atoms with van der Waals surface area (Å²) in [6.07, 6.45) is -9.56. The van der Waals surface area contributed by atoms with Crippen LogP contribution in [-0.2, 0) is 37.7 Å². The molecule has 0 unspecified atom stereocenters. The number of halogens is 7. The van der Waals surface area contributed by atoms with Crippen LogP contribution in [0.15, 0.2) is 78.6 Å². The average Bonchev–Trinajstić information content (AvgIpc) is 3.16. The summed E-state index contributed by atoms with van der Waals surface area (Å²) in [5.74, 6) is -1.40. The monoisotopic (exact) mass is 867 g/mol. The molecule has 1 aliphatic heterocycles. The lowest BCUT2D eigenvalue weighted by molar-refractivity contribution is -0.143. The van der Waals surface area contributed by atoms with E-state index in [-0.39, 0.29) is 49.3 Å². The van der Waals surface area contributed by atoms with E-state index in [0.29, 0.717) is 28.8 Å². The minimum absolute atomic E-state index is 0.0187. The second-order valence-electron chi connectivity index (χ2n) is 16.7. The van der Waals surface area contributed by atoms with Crippen LogP contribution in [0.1, 0.15) is 92.4 Å².